The van der Waals surface area contributed by atoms with Gasteiger partial charge in [-0.1, -0.05) is 29.8 Å². The highest BCUT2D eigenvalue weighted by Gasteiger charge is 2.66. The number of piperidine rings is 1. The molecule has 1 saturated carbocycles. The van der Waals surface area contributed by atoms with E-state index in [4.69, 9.17) is 4.74 Å². The van der Waals surface area contributed by atoms with Crippen LogP contribution in [0, 0.1) is 11.8 Å². The number of carbonyl (C=O) groups is 1. The molecule has 0 unspecified atom stereocenters. The number of nitrogens with one attached hydrogen (secondary N) is 1. The summed E-state index contributed by atoms with van der Waals surface area (Å²) in [5.41, 5.74) is 4.28. The maximum atomic E-state index is 11.6. The zero-order valence-electron chi connectivity index (χ0n) is 14.7. The average molecular weight is 352 g/mol. The Labute approximate surface area is 153 Å². The predicted molar refractivity (Wildman–Crippen MR) is 97.2 cm³/mol. The molecule has 4 aliphatic heterocycles. The fourth-order valence-electron chi connectivity index (χ4n) is 6.95. The Bertz CT molecular complexity index is 821. The molecule has 5 nitrogen and oxygen atoms in total. The second-order valence-electron chi connectivity index (χ2n) is 8.61. The second kappa shape index (κ2) is 5.11. The Morgan fingerprint density at radius 2 is 2.27 bits per heavy atom. The molecular formula is C21H24N2O3. The smallest absolute Gasteiger partial charge is 0.305 e. The number of para-hydroxylation sites is 1. The van der Waals surface area contributed by atoms with Crippen molar-refractivity contribution in [2.75, 3.05) is 25.0 Å². The van der Waals surface area contributed by atoms with Crippen molar-refractivity contribution >= 4 is 11.7 Å². The first-order chi connectivity index (χ1) is 12.7. The first-order valence-corrected chi connectivity index (χ1v) is 9.81. The first-order valence-electron chi connectivity index (χ1n) is 9.81. The Morgan fingerprint density at radius 1 is 1.38 bits per heavy atom. The van der Waals surface area contributed by atoms with Gasteiger partial charge in [-0.2, -0.15) is 0 Å². The zero-order valence-corrected chi connectivity index (χ0v) is 14.7. The monoisotopic (exact) mass is 352 g/mol. The number of aliphatic carboxylic acids is 1. The van der Waals surface area contributed by atoms with Gasteiger partial charge in [0.2, 0.25) is 0 Å². The second-order valence-corrected chi connectivity index (χ2v) is 8.61. The first kappa shape index (κ1) is 15.2. The molecular weight excluding hydrogens is 328 g/mol. The Kier molecular flexibility index (Phi) is 2.99. The van der Waals surface area contributed by atoms with Crippen LogP contribution in [-0.4, -0.2) is 53.9 Å². The van der Waals surface area contributed by atoms with Crippen LogP contribution in [0.5, 0.6) is 0 Å². The molecule has 6 atom stereocenters. The molecule has 0 aromatic heterocycles. The van der Waals surface area contributed by atoms with E-state index in [9.17, 15) is 9.90 Å². The van der Waals surface area contributed by atoms with Gasteiger partial charge in [0.25, 0.3) is 0 Å². The van der Waals surface area contributed by atoms with Crippen LogP contribution in [0.1, 0.15) is 24.8 Å². The topological polar surface area (TPSA) is 61.8 Å². The van der Waals surface area contributed by atoms with Crippen molar-refractivity contribution in [2.45, 2.75) is 42.9 Å². The van der Waals surface area contributed by atoms with Gasteiger partial charge in [-0.3, -0.25) is 9.69 Å². The molecule has 0 amide bonds. The van der Waals surface area contributed by atoms with Crippen molar-refractivity contribution < 1.29 is 14.6 Å². The van der Waals surface area contributed by atoms with E-state index in [0.717, 1.165) is 25.9 Å². The fraction of sp³-hybridized carbons (Fsp3) is 0.571. The summed E-state index contributed by atoms with van der Waals surface area (Å²) in [4.78, 5) is 14.2. The number of ether oxygens (including phenoxy) is 1. The minimum atomic E-state index is -0.756. The third-order valence-electron chi connectivity index (χ3n) is 7.79. The molecule has 1 aromatic rings. The maximum Gasteiger partial charge on any atom is 0.305 e. The van der Waals surface area contributed by atoms with Crippen LogP contribution in [0.3, 0.4) is 0 Å². The normalized spacial score (nSPS) is 42.3. The van der Waals surface area contributed by atoms with Gasteiger partial charge in [0.1, 0.15) is 0 Å². The minimum Gasteiger partial charge on any atom is -0.481 e. The van der Waals surface area contributed by atoms with Crippen molar-refractivity contribution in [3.8, 4) is 0 Å². The van der Waals surface area contributed by atoms with E-state index in [2.05, 4.69) is 40.6 Å². The van der Waals surface area contributed by atoms with Gasteiger partial charge >= 0.3 is 5.97 Å². The summed E-state index contributed by atoms with van der Waals surface area (Å²) < 4.78 is 6.13. The highest BCUT2D eigenvalue weighted by molar-refractivity contribution is 5.68. The van der Waals surface area contributed by atoms with Crippen molar-refractivity contribution in [3.05, 3.63) is 41.5 Å². The number of hydrogen-bond acceptors (Lipinski definition) is 4. The third kappa shape index (κ3) is 1.75. The number of fused-ring (bicyclic) bond motifs is 2. The summed E-state index contributed by atoms with van der Waals surface area (Å²) in [6, 6.07) is 9.56. The molecule has 1 spiro atoms. The van der Waals surface area contributed by atoms with E-state index in [1.807, 2.05) is 0 Å². The molecule has 5 heteroatoms. The number of hydrogen-bond donors (Lipinski definition) is 2. The van der Waals surface area contributed by atoms with Crippen LogP contribution >= 0.6 is 0 Å². The van der Waals surface area contributed by atoms with Crippen LogP contribution in [0.4, 0.5) is 5.69 Å². The van der Waals surface area contributed by atoms with E-state index in [0.29, 0.717) is 18.6 Å². The zero-order chi connectivity index (χ0) is 17.5. The summed E-state index contributed by atoms with van der Waals surface area (Å²) in [5.74, 6) is -0.0844. The molecule has 26 heavy (non-hydrogen) atoms. The lowest BCUT2D eigenvalue weighted by molar-refractivity contribution is -0.142. The van der Waals surface area contributed by atoms with Crippen LogP contribution in [0.25, 0.3) is 0 Å². The highest BCUT2D eigenvalue weighted by atomic mass is 16.5. The number of carboxylic acids is 1. The van der Waals surface area contributed by atoms with E-state index in [1.165, 1.54) is 16.8 Å². The molecule has 2 saturated heterocycles. The number of rotatable bonds is 2. The summed E-state index contributed by atoms with van der Waals surface area (Å²) >= 11 is 0. The maximum absolute atomic E-state index is 11.6. The van der Waals surface area contributed by atoms with Crippen molar-refractivity contribution in [1.82, 2.24) is 4.90 Å². The standard InChI is InChI=1S/C21H24N2O3/c24-18(25)10-16-19-13-9-17-21(6-7-23(17)11-12(13)5-8-26-16)14-3-1-2-4-15(14)22-20(19)21/h1-5,13,16-17,19-20,22H,6-11H2,(H,24,25)/t13-,16-,17+,19+,20+,21+/m0/s1. The van der Waals surface area contributed by atoms with E-state index < -0.39 is 5.97 Å². The Morgan fingerprint density at radius 3 is 3.15 bits per heavy atom. The Hall–Kier alpha value is -1.85. The van der Waals surface area contributed by atoms with Gasteiger partial charge < -0.3 is 15.2 Å². The quantitative estimate of drug-likeness (QED) is 0.800. The lowest BCUT2D eigenvalue weighted by Crippen LogP contribution is -2.64. The predicted octanol–water partition coefficient (Wildman–Crippen LogP) is 2.24. The van der Waals surface area contributed by atoms with Crippen molar-refractivity contribution in [2.24, 2.45) is 11.8 Å². The molecule has 1 aliphatic carbocycles. The van der Waals surface area contributed by atoms with Crippen molar-refractivity contribution in [1.29, 1.82) is 0 Å². The lowest BCUT2D eigenvalue weighted by Gasteiger charge is -2.55. The van der Waals surface area contributed by atoms with Gasteiger partial charge in [0.05, 0.1) is 19.1 Å². The molecule has 2 bridgehead atoms. The largest absolute Gasteiger partial charge is 0.481 e. The summed E-state index contributed by atoms with van der Waals surface area (Å²) in [5, 5.41) is 13.3. The van der Waals surface area contributed by atoms with Gasteiger partial charge in [-0.05, 0) is 36.9 Å². The number of nitrogens with zero attached hydrogens (tertiary/aromatic N) is 1. The lowest BCUT2D eigenvalue weighted by atomic mass is 9.54. The van der Waals surface area contributed by atoms with Crippen molar-refractivity contribution in [3.63, 3.8) is 0 Å². The van der Waals surface area contributed by atoms with E-state index in [1.54, 1.807) is 0 Å². The molecule has 2 N–H and O–H groups in total. The number of benzene rings is 1. The van der Waals surface area contributed by atoms with Gasteiger partial charge in [0, 0.05) is 35.6 Å². The van der Waals surface area contributed by atoms with E-state index in [-0.39, 0.29) is 29.9 Å². The van der Waals surface area contributed by atoms with Gasteiger partial charge in [0.15, 0.2) is 0 Å². The minimum absolute atomic E-state index is 0.0985. The average Bonchev–Trinajstić information content (AvgIpc) is 3.11. The van der Waals surface area contributed by atoms with Crippen LogP contribution in [-0.2, 0) is 14.9 Å². The molecule has 5 aliphatic rings. The molecule has 6 rings (SSSR count). The molecule has 0 radical (unpaired) electrons. The number of carboxylic acid groups (broad SMARTS) is 1. The van der Waals surface area contributed by atoms with Crippen LogP contribution in [0.2, 0.25) is 0 Å². The van der Waals surface area contributed by atoms with Gasteiger partial charge in [-0.15, -0.1) is 0 Å². The van der Waals surface area contributed by atoms with Crippen LogP contribution in [0.15, 0.2) is 35.9 Å². The molecule has 1 aromatic carbocycles. The highest BCUT2D eigenvalue weighted by Crippen LogP contribution is 2.62. The van der Waals surface area contributed by atoms with Crippen LogP contribution < -0.4 is 5.32 Å². The Balaban J connectivity index is 1.53. The SMILES string of the molecule is O=C(O)C[C@@H]1OCC=C2CN3CC[C@]45c6ccccc6N[C@@H]4[C@@H]1[C@H]2C[C@@H]35. The van der Waals surface area contributed by atoms with E-state index >= 15 is 0 Å². The fourth-order valence-corrected chi connectivity index (χ4v) is 6.95. The molecule has 3 fully saturated rings. The summed E-state index contributed by atoms with van der Waals surface area (Å²) in [6.07, 6.45) is 4.42. The summed E-state index contributed by atoms with van der Waals surface area (Å²) in [6.45, 7) is 2.72. The number of anilines is 1. The molecule has 136 valence electrons. The molecule has 4 heterocycles. The van der Waals surface area contributed by atoms with Gasteiger partial charge in [-0.25, -0.2) is 0 Å². The summed E-state index contributed by atoms with van der Waals surface area (Å²) in [7, 11) is 0. The third-order valence-corrected chi connectivity index (χ3v) is 7.79.